The molecule has 0 aromatic carbocycles. The maximum absolute atomic E-state index is 5.77. The summed E-state index contributed by atoms with van der Waals surface area (Å²) in [5, 5.41) is 11.7. The monoisotopic (exact) mass is 291 g/mol. The van der Waals surface area contributed by atoms with Crippen LogP contribution in [0.15, 0.2) is 8.83 Å². The maximum atomic E-state index is 5.77. The molecule has 0 fully saturated rings. The van der Waals surface area contributed by atoms with Gasteiger partial charge in [-0.05, 0) is 54.5 Å². The molecule has 5 heteroatoms. The molecule has 2 aromatic heterocycles. The molecule has 0 unspecified atom stereocenters. The Morgan fingerprint density at radius 2 is 1.71 bits per heavy atom. The molecule has 0 saturated carbocycles. The van der Waals surface area contributed by atoms with E-state index in [1.165, 1.54) is 0 Å². The first-order valence-corrected chi connectivity index (χ1v) is 7.42. The van der Waals surface area contributed by atoms with Crippen molar-refractivity contribution >= 4 is 0 Å². The average Bonchev–Trinajstić information content (AvgIpc) is 2.90. The van der Waals surface area contributed by atoms with Crippen molar-refractivity contribution < 1.29 is 8.83 Å². The predicted octanol–water partition coefficient (Wildman–Crippen LogP) is 3.58. The fourth-order valence-electron chi connectivity index (χ4n) is 2.27. The molecule has 21 heavy (non-hydrogen) atoms. The molecule has 0 aliphatic rings. The van der Waals surface area contributed by atoms with Crippen LogP contribution in [0.1, 0.15) is 50.2 Å². The fourth-order valence-corrected chi connectivity index (χ4v) is 2.27. The summed E-state index contributed by atoms with van der Waals surface area (Å²) >= 11 is 0. The van der Waals surface area contributed by atoms with E-state index in [4.69, 9.17) is 8.83 Å². The molecule has 2 heterocycles. The third-order valence-corrected chi connectivity index (χ3v) is 3.46. The molecule has 1 N–H and O–H groups in total. The summed E-state index contributed by atoms with van der Waals surface area (Å²) < 4.78 is 11.4. The van der Waals surface area contributed by atoms with Crippen LogP contribution < -0.4 is 5.32 Å². The molecule has 2 aromatic rings. The van der Waals surface area contributed by atoms with Gasteiger partial charge in [-0.3, -0.25) is 0 Å². The fraction of sp³-hybridized carbons (Fsp3) is 0.625. The van der Waals surface area contributed by atoms with Gasteiger partial charge in [-0.2, -0.15) is 0 Å². The molecule has 0 aliphatic heterocycles. The Morgan fingerprint density at radius 3 is 2.29 bits per heavy atom. The lowest BCUT2D eigenvalue weighted by atomic mass is 10.1. The molecule has 0 amide bonds. The van der Waals surface area contributed by atoms with Gasteiger partial charge >= 0.3 is 0 Å². The molecule has 0 radical (unpaired) electrons. The Balaban J connectivity index is 1.99. The van der Waals surface area contributed by atoms with Crippen LogP contribution in [0.4, 0.5) is 0 Å². The van der Waals surface area contributed by atoms with Crippen molar-refractivity contribution in [1.82, 2.24) is 15.5 Å². The van der Waals surface area contributed by atoms with Gasteiger partial charge < -0.3 is 14.2 Å². The first kappa shape index (κ1) is 15.8. The van der Waals surface area contributed by atoms with Gasteiger partial charge in [-0.15, -0.1) is 10.2 Å². The van der Waals surface area contributed by atoms with Crippen LogP contribution in [0.3, 0.4) is 0 Å². The molecule has 0 saturated heterocycles. The minimum absolute atomic E-state index is 0.141. The molecule has 0 spiro atoms. The van der Waals surface area contributed by atoms with E-state index >= 15 is 0 Å². The first-order chi connectivity index (χ1) is 9.78. The number of nitrogens with zero attached hydrogens (tertiary/aromatic N) is 2. The van der Waals surface area contributed by atoms with Crippen molar-refractivity contribution in [2.24, 2.45) is 0 Å². The highest BCUT2D eigenvalue weighted by Crippen LogP contribution is 2.30. The van der Waals surface area contributed by atoms with Crippen LogP contribution in [0.25, 0.3) is 11.5 Å². The van der Waals surface area contributed by atoms with Crippen molar-refractivity contribution in [2.75, 3.05) is 6.54 Å². The zero-order valence-corrected chi connectivity index (χ0v) is 13.8. The van der Waals surface area contributed by atoms with E-state index in [0.29, 0.717) is 11.8 Å². The van der Waals surface area contributed by atoms with Crippen LogP contribution in [0.2, 0.25) is 0 Å². The minimum Gasteiger partial charge on any atom is -0.466 e. The van der Waals surface area contributed by atoms with Crippen LogP contribution in [0.5, 0.6) is 0 Å². The zero-order chi connectivity index (χ0) is 15.6. The topological polar surface area (TPSA) is 64.1 Å². The number of hydrogen-bond acceptors (Lipinski definition) is 5. The van der Waals surface area contributed by atoms with E-state index in [0.717, 1.165) is 42.0 Å². The lowest BCUT2D eigenvalue weighted by Gasteiger charge is -2.19. The molecular weight excluding hydrogens is 266 g/mol. The number of hydrogen-bond donors (Lipinski definition) is 1. The number of furan rings is 1. The largest absolute Gasteiger partial charge is 0.466 e. The number of rotatable bonds is 5. The molecule has 0 atom stereocenters. The molecule has 2 rings (SSSR count). The van der Waals surface area contributed by atoms with E-state index in [1.807, 2.05) is 20.8 Å². The summed E-state index contributed by atoms with van der Waals surface area (Å²) in [7, 11) is 0. The summed E-state index contributed by atoms with van der Waals surface area (Å²) in [5.74, 6) is 2.96. The number of aromatic nitrogens is 2. The van der Waals surface area contributed by atoms with Gasteiger partial charge in [0.25, 0.3) is 5.89 Å². The second kappa shape index (κ2) is 6.02. The lowest BCUT2D eigenvalue weighted by Crippen LogP contribution is -2.36. The quantitative estimate of drug-likeness (QED) is 0.853. The van der Waals surface area contributed by atoms with Gasteiger partial charge in [0.2, 0.25) is 5.89 Å². The highest BCUT2D eigenvalue weighted by Gasteiger charge is 2.18. The van der Waals surface area contributed by atoms with Crippen LogP contribution >= 0.6 is 0 Å². The third-order valence-electron chi connectivity index (χ3n) is 3.46. The summed E-state index contributed by atoms with van der Waals surface area (Å²) in [5.41, 5.74) is 2.14. The Labute approximate surface area is 126 Å². The maximum Gasteiger partial charge on any atom is 0.251 e. The third kappa shape index (κ3) is 3.94. The van der Waals surface area contributed by atoms with E-state index in [9.17, 15) is 0 Å². The molecule has 0 bridgehead atoms. The van der Waals surface area contributed by atoms with Crippen molar-refractivity contribution in [3.05, 3.63) is 23.0 Å². The van der Waals surface area contributed by atoms with Gasteiger partial charge in [0.05, 0.1) is 5.56 Å². The van der Waals surface area contributed by atoms with Crippen molar-refractivity contribution in [1.29, 1.82) is 0 Å². The summed E-state index contributed by atoms with van der Waals surface area (Å²) in [4.78, 5) is 0. The summed E-state index contributed by atoms with van der Waals surface area (Å²) in [6.07, 6.45) is 1.76. The normalized spacial score (nSPS) is 12.1. The van der Waals surface area contributed by atoms with Crippen LogP contribution in [-0.2, 0) is 6.42 Å². The second-order valence-corrected chi connectivity index (χ2v) is 6.50. The van der Waals surface area contributed by atoms with Gasteiger partial charge in [-0.25, -0.2) is 0 Å². The van der Waals surface area contributed by atoms with Gasteiger partial charge in [0, 0.05) is 17.5 Å². The van der Waals surface area contributed by atoms with Crippen molar-refractivity contribution in [3.8, 4) is 11.5 Å². The predicted molar refractivity (Wildman–Crippen MR) is 82.3 cm³/mol. The van der Waals surface area contributed by atoms with Gasteiger partial charge in [0.1, 0.15) is 11.5 Å². The number of aryl methyl sites for hydroxylation is 3. The van der Waals surface area contributed by atoms with E-state index < -0.39 is 0 Å². The Morgan fingerprint density at radius 1 is 1.00 bits per heavy atom. The average molecular weight is 291 g/mol. The van der Waals surface area contributed by atoms with Gasteiger partial charge in [0.15, 0.2) is 0 Å². The van der Waals surface area contributed by atoms with E-state index in [-0.39, 0.29) is 5.54 Å². The van der Waals surface area contributed by atoms with Crippen LogP contribution in [0, 0.1) is 20.8 Å². The minimum atomic E-state index is 0.141. The van der Waals surface area contributed by atoms with Crippen molar-refractivity contribution in [3.63, 3.8) is 0 Å². The van der Waals surface area contributed by atoms with Crippen molar-refractivity contribution in [2.45, 2.75) is 59.9 Å². The SMILES string of the molecule is Cc1oc(C)c(-c2nnc(CCCNC(C)(C)C)o2)c1C. The smallest absolute Gasteiger partial charge is 0.251 e. The molecular formula is C16H25N3O2. The molecule has 116 valence electrons. The Kier molecular flexibility index (Phi) is 4.52. The highest BCUT2D eigenvalue weighted by atomic mass is 16.4. The first-order valence-electron chi connectivity index (χ1n) is 7.42. The summed E-state index contributed by atoms with van der Waals surface area (Å²) in [6, 6.07) is 0. The molecule has 5 nitrogen and oxygen atoms in total. The second-order valence-electron chi connectivity index (χ2n) is 6.50. The van der Waals surface area contributed by atoms with E-state index in [2.05, 4.69) is 36.3 Å². The standard InChI is InChI=1S/C16H25N3O2/c1-10-11(2)20-12(3)14(10)15-19-18-13(21-15)8-7-9-17-16(4,5)6/h17H,7-9H2,1-6H3. The Bertz CT molecular complexity index is 606. The van der Waals surface area contributed by atoms with Gasteiger partial charge in [-0.1, -0.05) is 0 Å². The highest BCUT2D eigenvalue weighted by molar-refractivity contribution is 5.61. The number of nitrogens with one attached hydrogen (secondary N) is 1. The molecule has 0 aliphatic carbocycles. The lowest BCUT2D eigenvalue weighted by molar-refractivity contribution is 0.412. The summed E-state index contributed by atoms with van der Waals surface area (Å²) in [6.45, 7) is 13.3. The van der Waals surface area contributed by atoms with Crippen LogP contribution in [-0.4, -0.2) is 22.3 Å². The zero-order valence-electron chi connectivity index (χ0n) is 13.8. The van der Waals surface area contributed by atoms with E-state index in [1.54, 1.807) is 0 Å². The Hall–Kier alpha value is -1.62.